The molecule has 11 rings (SSSR count). The van der Waals surface area contributed by atoms with Crippen LogP contribution in [-0.4, -0.2) is 94.5 Å². The molecule has 2 aromatic carbocycles. The molecule has 0 saturated carbocycles. The first-order valence-corrected chi connectivity index (χ1v) is 24.4. The third kappa shape index (κ3) is 10.8. The maximum atomic E-state index is 11.6. The van der Waals surface area contributed by atoms with Crippen molar-refractivity contribution in [3.8, 4) is 11.1 Å². The summed E-state index contributed by atoms with van der Waals surface area (Å²) >= 11 is 6.14. The molecule has 6 N–H and O–H groups in total. The molecule has 370 valence electrons. The van der Waals surface area contributed by atoms with E-state index in [1.54, 1.807) is 45.6 Å². The van der Waals surface area contributed by atoms with Crippen LogP contribution in [0.1, 0.15) is 87.9 Å². The van der Waals surface area contributed by atoms with Gasteiger partial charge in [0, 0.05) is 54.3 Å². The van der Waals surface area contributed by atoms with Crippen molar-refractivity contribution in [3.63, 3.8) is 0 Å². The van der Waals surface area contributed by atoms with Crippen LogP contribution in [0.15, 0.2) is 122 Å². The second-order valence-corrected chi connectivity index (χ2v) is 19.6. The Hall–Kier alpha value is -7.61. The van der Waals surface area contributed by atoms with Gasteiger partial charge in [0.1, 0.15) is 35.9 Å². The zero-order valence-electron chi connectivity index (χ0n) is 41.2. The van der Waals surface area contributed by atoms with Crippen LogP contribution < -0.4 is 37.4 Å². The summed E-state index contributed by atoms with van der Waals surface area (Å²) < 4.78 is 15.2. The van der Waals surface area contributed by atoms with Crippen LogP contribution in [0.3, 0.4) is 0 Å². The molecule has 0 spiro atoms. The molecule has 0 aliphatic carbocycles. The van der Waals surface area contributed by atoms with Gasteiger partial charge in [-0.1, -0.05) is 48.0 Å². The normalized spacial score (nSPS) is 17.8. The zero-order chi connectivity index (χ0) is 50.7. The molecular weight excluding hydrogens is 931 g/mol. The van der Waals surface area contributed by atoms with Crippen molar-refractivity contribution >= 4 is 81.9 Å². The van der Waals surface area contributed by atoms with E-state index in [2.05, 4.69) is 60.5 Å². The third-order valence-electron chi connectivity index (χ3n) is 13.6. The number of rotatable bonds is 10. The minimum absolute atomic E-state index is 0.388. The minimum Gasteiger partial charge on any atom is -0.399 e. The lowest BCUT2D eigenvalue weighted by Gasteiger charge is -2.32. The van der Waals surface area contributed by atoms with Crippen LogP contribution in [0, 0.1) is 0 Å². The molecular formula is C52H58BClN14O4. The zero-order valence-corrected chi connectivity index (χ0v) is 41.9. The number of halogens is 1. The fraction of sp³-hybridized carbons (Fsp3) is 0.308. The van der Waals surface area contributed by atoms with Crippen LogP contribution >= 0.6 is 11.6 Å². The van der Waals surface area contributed by atoms with E-state index in [0.717, 1.165) is 70.0 Å². The number of fused-ring (bicyclic) bond motifs is 2. The number of amides is 2. The topological polar surface area (TPSA) is 221 Å². The van der Waals surface area contributed by atoms with Gasteiger partial charge in [-0.15, -0.1) is 0 Å². The molecule has 2 atom stereocenters. The fourth-order valence-electron chi connectivity index (χ4n) is 8.96. The van der Waals surface area contributed by atoms with Gasteiger partial charge in [-0.3, -0.25) is 9.59 Å². The number of benzene rings is 2. The van der Waals surface area contributed by atoms with Crippen LogP contribution in [0.4, 0.5) is 34.6 Å². The first-order valence-electron chi connectivity index (χ1n) is 24.0. The molecule has 3 aliphatic rings. The Balaban J connectivity index is 0.000000139. The first kappa shape index (κ1) is 49.4. The highest BCUT2D eigenvalue weighted by Gasteiger charge is 2.51. The van der Waals surface area contributed by atoms with Gasteiger partial charge in [0.05, 0.1) is 27.6 Å². The van der Waals surface area contributed by atoms with Gasteiger partial charge in [-0.05, 0) is 139 Å². The maximum Gasteiger partial charge on any atom is 0.494 e. The predicted octanol–water partition coefficient (Wildman–Crippen LogP) is 8.22. The molecule has 6 aromatic heterocycles. The SMILES string of the molecule is CC1(C)OB(c2cccc(C(N)=O)c2)OC1(C)C.C[C@H]1CCCN1c1cccc(Nc2cc(-c3cccc(C(N)=O)c3)cn3ncnc23)n1.C[C@H]1CCCN1c1cccc(Nc2cc(Cl)cn3ncnc23)n1. The molecule has 72 heavy (non-hydrogen) atoms. The van der Waals surface area contributed by atoms with Crippen LogP contribution in [0.2, 0.25) is 5.02 Å². The molecule has 0 radical (unpaired) electrons. The lowest BCUT2D eigenvalue weighted by Crippen LogP contribution is -2.41. The van der Waals surface area contributed by atoms with Gasteiger partial charge in [0.25, 0.3) is 0 Å². The van der Waals surface area contributed by atoms with Gasteiger partial charge in [-0.2, -0.15) is 10.2 Å². The van der Waals surface area contributed by atoms with Crippen LogP contribution in [0.25, 0.3) is 22.4 Å². The van der Waals surface area contributed by atoms with E-state index in [1.807, 2.05) is 94.6 Å². The Morgan fingerprint density at radius 2 is 1.15 bits per heavy atom. The van der Waals surface area contributed by atoms with Crippen molar-refractivity contribution in [2.75, 3.05) is 33.5 Å². The summed E-state index contributed by atoms with van der Waals surface area (Å²) in [7, 11) is -0.464. The highest BCUT2D eigenvalue weighted by Crippen LogP contribution is 2.37. The molecule has 18 nitrogen and oxygen atoms in total. The molecule has 2 amide bonds. The fourth-order valence-corrected chi connectivity index (χ4v) is 9.16. The number of nitrogens with two attached hydrogens (primary N) is 2. The number of nitrogens with one attached hydrogen (secondary N) is 2. The number of anilines is 6. The standard InChI is InChI=1S/C23H23N7O.C16H17ClN6.C13H18BNO3/c1-15-5-4-10-29(15)21-9-3-8-20(28-21)27-19-12-18(13-30-23(19)25-14-26-30)16-6-2-7-17(11-16)22(24)31;1-11-4-3-7-22(11)15-6-2-5-14(21-15)20-13-8-12(17)9-23-16(13)18-10-19-23;1-12(2)13(3,4)18-14(17-12)10-7-5-6-9(8-10)11(15)16/h2-3,6-9,11-15H,4-5,10H2,1H3,(H2,24,31)(H,27,28);2,5-6,8-11H,3-4,7H2,1H3,(H,20,21);5-8H,1-4H3,(H2,15,16)/t15-;11-;/m00./s1. The Morgan fingerprint density at radius 3 is 1.68 bits per heavy atom. The number of pyridine rings is 4. The van der Waals surface area contributed by atoms with Gasteiger partial charge in [0.2, 0.25) is 11.8 Å². The molecule has 9 heterocycles. The molecule has 20 heteroatoms. The van der Waals surface area contributed by atoms with Crippen molar-refractivity contribution in [2.45, 2.75) is 90.5 Å². The highest BCUT2D eigenvalue weighted by molar-refractivity contribution is 6.62. The largest absolute Gasteiger partial charge is 0.494 e. The van der Waals surface area contributed by atoms with Crippen molar-refractivity contribution < 1.29 is 18.9 Å². The molecule has 0 unspecified atom stereocenters. The van der Waals surface area contributed by atoms with E-state index in [4.69, 9.17) is 42.3 Å². The average molecular weight is 989 g/mol. The number of hydrogen-bond acceptors (Lipinski definition) is 14. The second-order valence-electron chi connectivity index (χ2n) is 19.2. The monoisotopic (exact) mass is 988 g/mol. The van der Waals surface area contributed by atoms with E-state index in [9.17, 15) is 9.59 Å². The van der Waals surface area contributed by atoms with Crippen molar-refractivity contribution in [1.29, 1.82) is 0 Å². The summed E-state index contributed by atoms with van der Waals surface area (Å²) in [5, 5.41) is 15.7. The van der Waals surface area contributed by atoms with E-state index < -0.39 is 18.9 Å². The molecule has 0 bridgehead atoms. The Morgan fingerprint density at radius 1 is 0.653 bits per heavy atom. The van der Waals surface area contributed by atoms with Crippen molar-refractivity contribution in [1.82, 2.24) is 39.2 Å². The van der Waals surface area contributed by atoms with Crippen molar-refractivity contribution in [2.24, 2.45) is 11.5 Å². The number of nitrogens with zero attached hydrogens (tertiary/aromatic N) is 10. The Kier molecular flexibility index (Phi) is 14.1. The van der Waals surface area contributed by atoms with Gasteiger partial charge < -0.3 is 41.2 Å². The van der Waals surface area contributed by atoms with Gasteiger partial charge >= 0.3 is 7.12 Å². The summed E-state index contributed by atoms with van der Waals surface area (Å²) in [4.78, 5) is 45.6. The number of primary amides is 2. The lowest BCUT2D eigenvalue weighted by molar-refractivity contribution is 0.00578. The summed E-state index contributed by atoms with van der Waals surface area (Å²) in [6.45, 7) is 14.5. The first-order chi connectivity index (χ1) is 34.5. The third-order valence-corrected chi connectivity index (χ3v) is 13.8. The summed E-state index contributed by atoms with van der Waals surface area (Å²) in [6.07, 6.45) is 11.4. The number of aromatic nitrogens is 8. The minimum atomic E-state index is -0.464. The Bertz CT molecular complexity index is 3240. The van der Waals surface area contributed by atoms with Crippen LogP contribution in [0.5, 0.6) is 0 Å². The smallest absolute Gasteiger partial charge is 0.399 e. The van der Waals surface area contributed by atoms with E-state index >= 15 is 0 Å². The van der Waals surface area contributed by atoms with E-state index in [1.165, 1.54) is 38.3 Å². The number of hydrogen-bond donors (Lipinski definition) is 4. The second kappa shape index (κ2) is 20.6. The highest BCUT2D eigenvalue weighted by atomic mass is 35.5. The quantitative estimate of drug-likeness (QED) is 0.0949. The lowest BCUT2D eigenvalue weighted by atomic mass is 9.78. The number of carbonyl (C=O) groups is 2. The van der Waals surface area contributed by atoms with Crippen LogP contribution in [-0.2, 0) is 9.31 Å². The Labute approximate surface area is 423 Å². The summed E-state index contributed by atoms with van der Waals surface area (Å²) in [5.74, 6) is 2.57. The molecule has 3 fully saturated rings. The van der Waals surface area contributed by atoms with Gasteiger partial charge in [0.15, 0.2) is 11.3 Å². The average Bonchev–Trinajstić information content (AvgIpc) is 4.22. The van der Waals surface area contributed by atoms with E-state index in [-0.39, 0.29) is 11.2 Å². The molecule has 3 saturated heterocycles. The predicted molar refractivity (Wildman–Crippen MR) is 283 cm³/mol. The van der Waals surface area contributed by atoms with Crippen molar-refractivity contribution in [3.05, 3.63) is 138 Å². The summed E-state index contributed by atoms with van der Waals surface area (Å²) in [5.41, 5.74) is 16.4. The number of carbonyl (C=O) groups excluding carboxylic acids is 2. The maximum absolute atomic E-state index is 11.6. The summed E-state index contributed by atoms with van der Waals surface area (Å²) in [6, 6.07) is 31.1. The molecule has 3 aliphatic heterocycles. The van der Waals surface area contributed by atoms with Gasteiger partial charge in [-0.25, -0.2) is 29.0 Å². The van der Waals surface area contributed by atoms with E-state index in [0.29, 0.717) is 33.9 Å². The molecule has 8 aromatic rings.